The molecule has 216 valence electrons. The van der Waals surface area contributed by atoms with Gasteiger partial charge in [0.05, 0.1) is 24.5 Å². The number of aryl methyl sites for hydroxylation is 1. The van der Waals surface area contributed by atoms with Crippen LogP contribution in [-0.2, 0) is 22.7 Å². The van der Waals surface area contributed by atoms with Gasteiger partial charge in [-0.2, -0.15) is 0 Å². The second-order valence-electron chi connectivity index (χ2n) is 10.2. The predicted octanol–water partition coefficient (Wildman–Crippen LogP) is 6.15. The standard InChI is InChI=1S/C34H35N3O5/c1-2-3-21-41-29-12-7-11-27(22-29)32(38)30-31(37(34(40)33(30)39)19-8-18-36-20-17-35-24-36)26-13-15-28(16-14-26)42-23-25-9-5-4-6-10-25/h4-7,9-17,20,22,24,31,38H,2-3,8,18-19,21,23H2,1H3. The van der Waals surface area contributed by atoms with Crippen LogP contribution in [0.3, 0.4) is 0 Å². The summed E-state index contributed by atoms with van der Waals surface area (Å²) in [5.74, 6) is -0.301. The number of carbonyl (C=O) groups is 2. The average molecular weight is 566 g/mol. The van der Waals surface area contributed by atoms with Gasteiger partial charge in [0.2, 0.25) is 0 Å². The quantitative estimate of drug-likeness (QED) is 0.0904. The van der Waals surface area contributed by atoms with Gasteiger partial charge in [0.1, 0.15) is 23.9 Å². The van der Waals surface area contributed by atoms with E-state index in [4.69, 9.17) is 9.47 Å². The lowest BCUT2D eigenvalue weighted by Gasteiger charge is -2.25. The molecule has 42 heavy (non-hydrogen) atoms. The number of unbranched alkanes of at least 4 members (excludes halogenated alkanes) is 1. The first-order valence-electron chi connectivity index (χ1n) is 14.3. The second kappa shape index (κ2) is 13.7. The highest BCUT2D eigenvalue weighted by Gasteiger charge is 2.45. The van der Waals surface area contributed by atoms with Crippen molar-refractivity contribution >= 4 is 17.4 Å². The molecule has 0 saturated carbocycles. The minimum atomic E-state index is -0.749. The molecule has 8 heteroatoms. The Morgan fingerprint density at radius 1 is 0.905 bits per heavy atom. The van der Waals surface area contributed by atoms with Crippen LogP contribution in [0.2, 0.25) is 0 Å². The molecular formula is C34H35N3O5. The Bertz CT molecular complexity index is 1510. The van der Waals surface area contributed by atoms with Crippen molar-refractivity contribution in [1.29, 1.82) is 0 Å². The van der Waals surface area contributed by atoms with E-state index in [9.17, 15) is 14.7 Å². The molecule has 1 aliphatic heterocycles. The van der Waals surface area contributed by atoms with E-state index in [1.165, 1.54) is 0 Å². The Labute approximate surface area is 245 Å². The van der Waals surface area contributed by atoms with Crippen LogP contribution >= 0.6 is 0 Å². The first-order chi connectivity index (χ1) is 20.5. The third-order valence-corrected chi connectivity index (χ3v) is 7.23. The molecular weight excluding hydrogens is 530 g/mol. The largest absolute Gasteiger partial charge is 0.507 e. The van der Waals surface area contributed by atoms with Crippen molar-refractivity contribution in [2.45, 2.75) is 45.4 Å². The average Bonchev–Trinajstić information content (AvgIpc) is 3.63. The summed E-state index contributed by atoms with van der Waals surface area (Å²) < 4.78 is 13.7. The first kappa shape index (κ1) is 28.7. The van der Waals surface area contributed by atoms with Crippen LogP contribution in [-0.4, -0.2) is 44.4 Å². The number of imidazole rings is 1. The maximum Gasteiger partial charge on any atom is 0.295 e. The van der Waals surface area contributed by atoms with Gasteiger partial charge in [-0.1, -0.05) is 67.9 Å². The minimum Gasteiger partial charge on any atom is -0.507 e. The van der Waals surface area contributed by atoms with E-state index in [2.05, 4.69) is 11.9 Å². The number of ketones is 1. The number of carbonyl (C=O) groups excluding carboxylic acids is 2. The van der Waals surface area contributed by atoms with Crippen LogP contribution in [0, 0.1) is 0 Å². The molecule has 1 amide bonds. The van der Waals surface area contributed by atoms with Crippen molar-refractivity contribution in [2.24, 2.45) is 0 Å². The third kappa shape index (κ3) is 6.71. The van der Waals surface area contributed by atoms with Gasteiger partial charge >= 0.3 is 0 Å². The molecule has 2 heterocycles. The number of likely N-dealkylation sites (tertiary alicyclic amines) is 1. The Kier molecular flexibility index (Phi) is 9.33. The number of hydrogen-bond acceptors (Lipinski definition) is 6. The number of nitrogens with zero attached hydrogens (tertiary/aromatic N) is 3. The SMILES string of the molecule is CCCCOc1cccc(C(O)=C2C(=O)C(=O)N(CCCn3ccnc3)C2c2ccc(OCc3ccccc3)cc2)c1. The van der Waals surface area contributed by atoms with Crippen molar-refractivity contribution < 1.29 is 24.2 Å². The fourth-order valence-electron chi connectivity index (χ4n) is 5.01. The summed E-state index contributed by atoms with van der Waals surface area (Å²) in [5.41, 5.74) is 2.24. The molecule has 0 bridgehead atoms. The van der Waals surface area contributed by atoms with Crippen LogP contribution in [0.1, 0.15) is 48.9 Å². The van der Waals surface area contributed by atoms with E-state index in [1.54, 1.807) is 35.6 Å². The van der Waals surface area contributed by atoms with E-state index in [1.807, 2.05) is 71.4 Å². The minimum absolute atomic E-state index is 0.0614. The number of Topliss-reactive ketones (excluding diaryl/α,β-unsaturated/α-hetero) is 1. The molecule has 0 radical (unpaired) electrons. The van der Waals surface area contributed by atoms with Crippen molar-refractivity contribution in [2.75, 3.05) is 13.2 Å². The van der Waals surface area contributed by atoms with Crippen molar-refractivity contribution in [1.82, 2.24) is 14.5 Å². The molecule has 5 rings (SSSR count). The maximum absolute atomic E-state index is 13.4. The molecule has 1 N–H and O–H groups in total. The first-order valence-corrected chi connectivity index (χ1v) is 14.3. The van der Waals surface area contributed by atoms with E-state index < -0.39 is 17.7 Å². The zero-order chi connectivity index (χ0) is 29.3. The lowest BCUT2D eigenvalue weighted by atomic mass is 9.95. The fourth-order valence-corrected chi connectivity index (χ4v) is 5.01. The number of aliphatic hydroxyl groups is 1. The van der Waals surface area contributed by atoms with Crippen molar-refractivity contribution in [3.63, 3.8) is 0 Å². The summed E-state index contributed by atoms with van der Waals surface area (Å²) in [7, 11) is 0. The molecule has 1 unspecified atom stereocenters. The summed E-state index contributed by atoms with van der Waals surface area (Å²) in [6.45, 7) is 4.03. The third-order valence-electron chi connectivity index (χ3n) is 7.23. The fraction of sp³-hybridized carbons (Fsp3) is 0.265. The number of aromatic nitrogens is 2. The van der Waals surface area contributed by atoms with Crippen LogP contribution < -0.4 is 9.47 Å². The summed E-state index contributed by atoms with van der Waals surface area (Å²) in [5, 5.41) is 11.5. The van der Waals surface area contributed by atoms with Gasteiger partial charge < -0.3 is 24.0 Å². The smallest absolute Gasteiger partial charge is 0.295 e. The Hall–Kier alpha value is -4.85. The van der Waals surface area contributed by atoms with Crippen LogP contribution in [0.4, 0.5) is 0 Å². The highest BCUT2D eigenvalue weighted by Crippen LogP contribution is 2.40. The van der Waals surface area contributed by atoms with E-state index >= 15 is 0 Å². The number of hydrogen-bond donors (Lipinski definition) is 1. The monoisotopic (exact) mass is 565 g/mol. The van der Waals surface area contributed by atoms with E-state index in [0.717, 1.165) is 18.4 Å². The molecule has 0 spiro atoms. The number of rotatable bonds is 13. The van der Waals surface area contributed by atoms with Crippen molar-refractivity contribution in [3.05, 3.63) is 120 Å². The lowest BCUT2D eigenvalue weighted by molar-refractivity contribution is -0.139. The predicted molar refractivity (Wildman–Crippen MR) is 160 cm³/mol. The molecule has 1 saturated heterocycles. The molecule has 1 aliphatic rings. The molecule has 1 aromatic heterocycles. The van der Waals surface area contributed by atoms with Crippen LogP contribution in [0.5, 0.6) is 11.5 Å². The van der Waals surface area contributed by atoms with E-state index in [-0.39, 0.29) is 11.3 Å². The molecule has 1 fully saturated rings. The second-order valence-corrected chi connectivity index (χ2v) is 10.2. The van der Waals surface area contributed by atoms with Gasteiger partial charge in [-0.05, 0) is 48.2 Å². The summed E-state index contributed by atoms with van der Waals surface area (Å²) in [4.78, 5) is 32.4. The van der Waals surface area contributed by atoms with Gasteiger partial charge in [-0.3, -0.25) is 9.59 Å². The van der Waals surface area contributed by atoms with Gasteiger partial charge in [0, 0.05) is 31.0 Å². The summed E-state index contributed by atoms with van der Waals surface area (Å²) in [6, 6.07) is 23.5. The normalized spacial score (nSPS) is 16.1. The maximum atomic E-state index is 13.4. The van der Waals surface area contributed by atoms with Gasteiger partial charge in [-0.25, -0.2) is 4.98 Å². The molecule has 3 aromatic carbocycles. The summed E-state index contributed by atoms with van der Waals surface area (Å²) >= 11 is 0. The summed E-state index contributed by atoms with van der Waals surface area (Å²) in [6.07, 6.45) is 7.79. The van der Waals surface area contributed by atoms with Gasteiger partial charge in [-0.15, -0.1) is 0 Å². The molecule has 8 nitrogen and oxygen atoms in total. The number of aliphatic hydroxyl groups excluding tert-OH is 1. The number of ether oxygens (including phenoxy) is 2. The molecule has 1 atom stereocenters. The van der Waals surface area contributed by atoms with E-state index in [0.29, 0.717) is 55.4 Å². The zero-order valence-corrected chi connectivity index (χ0v) is 23.7. The van der Waals surface area contributed by atoms with Crippen LogP contribution in [0.25, 0.3) is 5.76 Å². The highest BCUT2D eigenvalue weighted by molar-refractivity contribution is 6.46. The van der Waals surface area contributed by atoms with Crippen LogP contribution in [0.15, 0.2) is 103 Å². The van der Waals surface area contributed by atoms with Gasteiger partial charge in [0.15, 0.2) is 0 Å². The topological polar surface area (TPSA) is 93.9 Å². The zero-order valence-electron chi connectivity index (χ0n) is 23.7. The Morgan fingerprint density at radius 3 is 2.45 bits per heavy atom. The number of benzene rings is 3. The number of amides is 1. The lowest BCUT2D eigenvalue weighted by Crippen LogP contribution is -2.31. The molecule has 0 aliphatic carbocycles. The Morgan fingerprint density at radius 2 is 1.71 bits per heavy atom. The Balaban J connectivity index is 1.44. The van der Waals surface area contributed by atoms with Crippen molar-refractivity contribution in [3.8, 4) is 11.5 Å². The van der Waals surface area contributed by atoms with Gasteiger partial charge in [0.25, 0.3) is 11.7 Å². The highest BCUT2D eigenvalue weighted by atomic mass is 16.5. The molecule has 4 aromatic rings.